The van der Waals surface area contributed by atoms with E-state index in [0.29, 0.717) is 27.9 Å². The van der Waals surface area contributed by atoms with Gasteiger partial charge in [-0.3, -0.25) is 0 Å². The normalized spacial score (nSPS) is 12.7. The molecular formula is C23H19F3N4O2. The van der Waals surface area contributed by atoms with Crippen molar-refractivity contribution in [3.63, 3.8) is 0 Å². The van der Waals surface area contributed by atoms with E-state index < -0.39 is 17.8 Å². The van der Waals surface area contributed by atoms with Gasteiger partial charge in [0.1, 0.15) is 11.3 Å². The van der Waals surface area contributed by atoms with Crippen molar-refractivity contribution < 1.29 is 23.4 Å². The van der Waals surface area contributed by atoms with Gasteiger partial charge in [-0.25, -0.2) is 15.0 Å². The number of hydrogen-bond donors (Lipinski definition) is 3. The predicted molar refractivity (Wildman–Crippen MR) is 113 cm³/mol. The Balaban J connectivity index is 1.84. The number of fused-ring (bicyclic) bond motifs is 1. The van der Waals surface area contributed by atoms with Gasteiger partial charge in [0.05, 0.1) is 23.9 Å². The summed E-state index contributed by atoms with van der Waals surface area (Å²) >= 11 is 0. The molecule has 0 aliphatic carbocycles. The van der Waals surface area contributed by atoms with Crippen molar-refractivity contribution >= 4 is 16.9 Å². The fourth-order valence-electron chi connectivity index (χ4n) is 3.40. The van der Waals surface area contributed by atoms with Crippen LogP contribution in [0.25, 0.3) is 10.9 Å². The van der Waals surface area contributed by atoms with Crippen molar-refractivity contribution in [2.45, 2.75) is 25.7 Å². The molecule has 3 N–H and O–H groups in total. The van der Waals surface area contributed by atoms with Crippen LogP contribution in [0.3, 0.4) is 0 Å². The zero-order chi connectivity index (χ0) is 22.9. The second-order valence-corrected chi connectivity index (χ2v) is 7.25. The number of aromatic hydroxyl groups is 1. The zero-order valence-corrected chi connectivity index (χ0v) is 16.9. The topological polar surface area (TPSA) is 91.2 Å². The molecule has 0 fully saturated rings. The average molecular weight is 440 g/mol. The minimum atomic E-state index is -4.46. The fourth-order valence-corrected chi connectivity index (χ4v) is 3.40. The van der Waals surface area contributed by atoms with E-state index in [1.165, 1.54) is 12.1 Å². The summed E-state index contributed by atoms with van der Waals surface area (Å²) in [6.45, 7) is 1.49. The SMILES string of the molecule is Cc1ccnc(N[C@H](c2ccc(C(F)(F)F)cc2)c2ccc3ccc(CO)nc3c2O)n1. The van der Waals surface area contributed by atoms with E-state index >= 15 is 0 Å². The van der Waals surface area contributed by atoms with E-state index in [9.17, 15) is 23.4 Å². The highest BCUT2D eigenvalue weighted by Gasteiger charge is 2.30. The van der Waals surface area contributed by atoms with E-state index in [1.54, 1.807) is 43.5 Å². The molecule has 32 heavy (non-hydrogen) atoms. The molecule has 0 unspecified atom stereocenters. The minimum Gasteiger partial charge on any atom is -0.505 e. The quantitative estimate of drug-likeness (QED) is 0.415. The zero-order valence-electron chi connectivity index (χ0n) is 16.9. The van der Waals surface area contributed by atoms with Crippen LogP contribution in [0, 0.1) is 6.92 Å². The average Bonchev–Trinajstić information content (AvgIpc) is 2.77. The number of phenols is 1. The van der Waals surface area contributed by atoms with Crippen molar-refractivity contribution in [1.82, 2.24) is 15.0 Å². The number of aliphatic hydroxyl groups is 1. The monoisotopic (exact) mass is 440 g/mol. The molecule has 2 aromatic carbocycles. The molecule has 9 heteroatoms. The first-order valence-corrected chi connectivity index (χ1v) is 9.72. The van der Waals surface area contributed by atoms with Crippen molar-refractivity contribution in [2.24, 2.45) is 0 Å². The molecule has 0 amide bonds. The first-order valence-electron chi connectivity index (χ1n) is 9.72. The third-order valence-corrected chi connectivity index (χ3v) is 5.04. The number of nitrogens with zero attached hydrogens (tertiary/aromatic N) is 3. The van der Waals surface area contributed by atoms with E-state index in [2.05, 4.69) is 20.3 Å². The highest BCUT2D eigenvalue weighted by Crippen LogP contribution is 2.37. The summed E-state index contributed by atoms with van der Waals surface area (Å²) in [5.74, 6) is 0.106. The number of aliphatic hydroxyl groups excluding tert-OH is 1. The molecule has 0 aliphatic rings. The summed E-state index contributed by atoms with van der Waals surface area (Å²) in [6.07, 6.45) is -2.90. The molecule has 4 aromatic rings. The molecule has 1 atom stereocenters. The smallest absolute Gasteiger partial charge is 0.416 e. The second kappa shape index (κ2) is 8.43. The first kappa shape index (κ1) is 21.5. The predicted octanol–water partition coefficient (Wildman–Crippen LogP) is 4.75. The second-order valence-electron chi connectivity index (χ2n) is 7.25. The van der Waals surface area contributed by atoms with Gasteiger partial charge in [0.25, 0.3) is 0 Å². The van der Waals surface area contributed by atoms with Crippen molar-refractivity contribution in [1.29, 1.82) is 0 Å². The van der Waals surface area contributed by atoms with Crippen LogP contribution in [-0.2, 0) is 12.8 Å². The molecule has 0 radical (unpaired) electrons. The number of nitrogens with one attached hydrogen (secondary N) is 1. The molecule has 2 aromatic heterocycles. The molecule has 2 heterocycles. The number of rotatable bonds is 5. The van der Waals surface area contributed by atoms with Crippen LogP contribution >= 0.6 is 0 Å². The van der Waals surface area contributed by atoms with Crippen LogP contribution in [0.15, 0.2) is 60.8 Å². The number of pyridine rings is 1. The largest absolute Gasteiger partial charge is 0.505 e. The molecule has 4 rings (SSSR count). The molecular weight excluding hydrogens is 421 g/mol. The number of alkyl halides is 3. The number of anilines is 1. The Morgan fingerprint density at radius 1 is 0.969 bits per heavy atom. The van der Waals surface area contributed by atoms with Crippen LogP contribution in [0.5, 0.6) is 5.75 Å². The highest BCUT2D eigenvalue weighted by molar-refractivity contribution is 5.86. The first-order chi connectivity index (χ1) is 15.3. The lowest BCUT2D eigenvalue weighted by atomic mass is 9.95. The van der Waals surface area contributed by atoms with Crippen LogP contribution in [-0.4, -0.2) is 25.2 Å². The molecule has 0 aliphatic heterocycles. The van der Waals surface area contributed by atoms with Gasteiger partial charge in [-0.2, -0.15) is 13.2 Å². The van der Waals surface area contributed by atoms with Crippen molar-refractivity contribution in [3.8, 4) is 5.75 Å². The Morgan fingerprint density at radius 2 is 1.69 bits per heavy atom. The number of hydrogen-bond acceptors (Lipinski definition) is 6. The highest BCUT2D eigenvalue weighted by atomic mass is 19.4. The van der Waals surface area contributed by atoms with Crippen LogP contribution in [0.4, 0.5) is 19.1 Å². The maximum atomic E-state index is 13.0. The van der Waals surface area contributed by atoms with E-state index in [0.717, 1.165) is 12.1 Å². The number of aromatic nitrogens is 3. The van der Waals surface area contributed by atoms with Gasteiger partial charge in [-0.1, -0.05) is 30.3 Å². The van der Waals surface area contributed by atoms with E-state index in [1.807, 2.05) is 0 Å². The lowest BCUT2D eigenvalue weighted by Gasteiger charge is -2.22. The van der Waals surface area contributed by atoms with E-state index in [4.69, 9.17) is 0 Å². The number of halogens is 3. The molecule has 0 saturated heterocycles. The number of phenolic OH excluding ortho intramolecular Hbond substituents is 1. The Labute approximate surface area is 181 Å². The summed E-state index contributed by atoms with van der Waals surface area (Å²) in [6, 6.07) is 12.4. The van der Waals surface area contributed by atoms with Gasteiger partial charge in [-0.05, 0) is 36.8 Å². The summed E-state index contributed by atoms with van der Waals surface area (Å²) in [5, 5.41) is 24.2. The van der Waals surface area contributed by atoms with Crippen LogP contribution in [0.2, 0.25) is 0 Å². The van der Waals surface area contributed by atoms with Gasteiger partial charge < -0.3 is 15.5 Å². The number of aryl methyl sites for hydroxylation is 1. The Hall–Kier alpha value is -3.72. The Kier molecular flexibility index (Phi) is 5.67. The Morgan fingerprint density at radius 3 is 2.34 bits per heavy atom. The van der Waals surface area contributed by atoms with Gasteiger partial charge in [0.15, 0.2) is 0 Å². The summed E-state index contributed by atoms with van der Waals surface area (Å²) in [7, 11) is 0. The summed E-state index contributed by atoms with van der Waals surface area (Å²) in [5.41, 5.74) is 1.43. The van der Waals surface area contributed by atoms with Crippen molar-refractivity contribution in [2.75, 3.05) is 5.32 Å². The van der Waals surface area contributed by atoms with Crippen LogP contribution in [0.1, 0.15) is 34.1 Å². The van der Waals surface area contributed by atoms with Crippen molar-refractivity contribution in [3.05, 3.63) is 88.9 Å². The maximum Gasteiger partial charge on any atom is 0.416 e. The molecule has 0 spiro atoms. The molecule has 6 nitrogen and oxygen atoms in total. The standard InChI is InChI=1S/C23H19F3N4O2/c1-13-10-11-27-22(28-13)30-19(14-2-6-16(7-3-14)23(24,25)26)18-9-5-15-4-8-17(12-31)29-20(15)21(18)32/h2-11,19,31-32H,12H2,1H3,(H,27,28,30)/t19-/m1/s1. The van der Waals surface area contributed by atoms with Gasteiger partial charge in [0, 0.05) is 22.8 Å². The lowest BCUT2D eigenvalue weighted by molar-refractivity contribution is -0.137. The number of benzene rings is 2. The summed E-state index contributed by atoms with van der Waals surface area (Å²) < 4.78 is 39.1. The Bertz CT molecular complexity index is 1260. The molecule has 164 valence electrons. The molecule has 0 bridgehead atoms. The fraction of sp³-hybridized carbons (Fsp3) is 0.174. The van der Waals surface area contributed by atoms with Gasteiger partial charge >= 0.3 is 6.18 Å². The maximum absolute atomic E-state index is 13.0. The summed E-state index contributed by atoms with van der Waals surface area (Å²) in [4.78, 5) is 12.8. The third-order valence-electron chi connectivity index (χ3n) is 5.04. The van der Waals surface area contributed by atoms with Gasteiger partial charge in [0.2, 0.25) is 5.95 Å². The van der Waals surface area contributed by atoms with E-state index in [-0.39, 0.29) is 23.8 Å². The van der Waals surface area contributed by atoms with Crippen LogP contribution < -0.4 is 5.32 Å². The molecule has 0 saturated carbocycles. The third kappa shape index (κ3) is 4.33. The lowest BCUT2D eigenvalue weighted by Crippen LogP contribution is -2.15. The van der Waals surface area contributed by atoms with Gasteiger partial charge in [-0.15, -0.1) is 0 Å². The minimum absolute atomic E-state index is 0.150.